The number of aromatic nitrogens is 1. The monoisotopic (exact) mass is 466 g/mol. The van der Waals surface area contributed by atoms with Crippen molar-refractivity contribution in [1.29, 1.82) is 0 Å². The van der Waals surface area contributed by atoms with Crippen molar-refractivity contribution in [2.24, 2.45) is 0 Å². The quantitative estimate of drug-likeness (QED) is 0.625. The average molecular weight is 466 g/mol. The molecule has 1 aromatic carbocycles. The van der Waals surface area contributed by atoms with Gasteiger partial charge in [-0.2, -0.15) is 0 Å². The molecule has 2 aromatic rings. The number of rotatable bonds is 6. The summed E-state index contributed by atoms with van der Waals surface area (Å²) in [5, 5.41) is 0.629. The number of thiazole rings is 1. The van der Waals surface area contributed by atoms with Crippen molar-refractivity contribution in [2.45, 2.75) is 18.2 Å². The first-order valence-electron chi connectivity index (χ1n) is 8.53. The van der Waals surface area contributed by atoms with Crippen molar-refractivity contribution in [1.82, 2.24) is 15.2 Å². The third-order valence-corrected chi connectivity index (χ3v) is 6.42. The summed E-state index contributed by atoms with van der Waals surface area (Å²) in [5.41, 5.74) is 2.52. The highest BCUT2D eigenvalue weighted by atomic mass is 32.2. The van der Waals surface area contributed by atoms with Crippen LogP contribution in [0.25, 0.3) is 0 Å². The molecule has 3 rings (SSSR count). The van der Waals surface area contributed by atoms with Gasteiger partial charge in [0.05, 0.1) is 23.8 Å². The van der Waals surface area contributed by atoms with Crippen molar-refractivity contribution in [3.63, 3.8) is 0 Å². The number of nitrogens with zero attached hydrogens (tertiary/aromatic N) is 2. The summed E-state index contributed by atoms with van der Waals surface area (Å²) in [7, 11) is -4.21. The van der Waals surface area contributed by atoms with Gasteiger partial charge in [-0.1, -0.05) is 11.3 Å². The second kappa shape index (κ2) is 8.75. The highest BCUT2D eigenvalue weighted by Crippen LogP contribution is 2.27. The molecule has 30 heavy (non-hydrogen) atoms. The molecule has 1 aliphatic rings. The van der Waals surface area contributed by atoms with Crippen LogP contribution in [-0.4, -0.2) is 52.0 Å². The van der Waals surface area contributed by atoms with Gasteiger partial charge in [0, 0.05) is 13.1 Å². The first-order chi connectivity index (χ1) is 14.0. The van der Waals surface area contributed by atoms with E-state index in [1.807, 2.05) is 9.73 Å². The zero-order valence-corrected chi connectivity index (χ0v) is 17.2. The molecule has 1 amide bonds. The number of carbonyl (C=O) groups is 1. The standard InChI is InChI=1S/C16H17F3N4O5S2/c1-10-13(29-15(20-10)23-6-8-27-9-7-23)14(24)21-22-30(25,26)12-4-2-11(3-5-12)28-16(17,18)19/h2-5,22H,6-9H2,1H3,(H,21,24). The molecule has 1 aromatic heterocycles. The molecule has 2 heterocycles. The Labute approximate surface area is 173 Å². The molecule has 0 bridgehead atoms. The minimum absolute atomic E-state index is 0.230. The maximum atomic E-state index is 12.4. The van der Waals surface area contributed by atoms with E-state index in [9.17, 15) is 26.4 Å². The van der Waals surface area contributed by atoms with Gasteiger partial charge >= 0.3 is 6.36 Å². The number of hydrazine groups is 1. The van der Waals surface area contributed by atoms with Crippen LogP contribution in [0.5, 0.6) is 5.75 Å². The van der Waals surface area contributed by atoms with Crippen LogP contribution in [-0.2, 0) is 14.8 Å². The summed E-state index contributed by atoms with van der Waals surface area (Å²) in [6, 6.07) is 3.55. The van der Waals surface area contributed by atoms with Crippen LogP contribution in [0, 0.1) is 6.92 Å². The first-order valence-corrected chi connectivity index (χ1v) is 10.8. The zero-order chi connectivity index (χ0) is 21.9. The first kappa shape index (κ1) is 22.3. The lowest BCUT2D eigenvalue weighted by Crippen LogP contribution is -2.41. The Morgan fingerprint density at radius 2 is 1.87 bits per heavy atom. The fourth-order valence-corrected chi connectivity index (χ4v) is 4.39. The van der Waals surface area contributed by atoms with Gasteiger partial charge in [-0.15, -0.1) is 18.0 Å². The molecule has 0 spiro atoms. The van der Waals surface area contributed by atoms with E-state index in [1.165, 1.54) is 0 Å². The predicted molar refractivity (Wildman–Crippen MR) is 101 cm³/mol. The lowest BCUT2D eigenvalue weighted by Gasteiger charge is -2.25. The Hall–Kier alpha value is -2.42. The minimum atomic E-state index is -4.89. The third-order valence-electron chi connectivity index (χ3n) is 3.94. The highest BCUT2D eigenvalue weighted by molar-refractivity contribution is 7.89. The number of morpholine rings is 1. The van der Waals surface area contributed by atoms with Crippen molar-refractivity contribution < 1.29 is 35.9 Å². The van der Waals surface area contributed by atoms with Gasteiger partial charge in [0.25, 0.3) is 15.9 Å². The van der Waals surface area contributed by atoms with Crippen LogP contribution in [0.15, 0.2) is 29.2 Å². The number of nitrogens with one attached hydrogen (secondary N) is 2. The fourth-order valence-electron chi connectivity index (χ4n) is 2.53. The van der Waals surface area contributed by atoms with Crippen molar-refractivity contribution in [3.05, 3.63) is 34.8 Å². The number of carbonyl (C=O) groups excluding carboxylic acids is 1. The summed E-state index contributed by atoms with van der Waals surface area (Å²) in [6.07, 6.45) is -4.89. The largest absolute Gasteiger partial charge is 0.573 e. The number of amides is 1. The number of benzene rings is 1. The Balaban J connectivity index is 1.64. The topological polar surface area (TPSA) is 110 Å². The van der Waals surface area contributed by atoms with Crippen LogP contribution in [0.4, 0.5) is 18.3 Å². The number of alkyl halides is 3. The molecule has 1 aliphatic heterocycles. The van der Waals surface area contributed by atoms with E-state index in [-0.39, 0.29) is 9.77 Å². The normalized spacial score (nSPS) is 15.1. The lowest BCUT2D eigenvalue weighted by molar-refractivity contribution is -0.274. The van der Waals surface area contributed by atoms with Gasteiger partial charge in [-0.05, 0) is 31.2 Å². The number of sulfonamides is 1. The smallest absolute Gasteiger partial charge is 0.406 e. The average Bonchev–Trinajstić information content (AvgIpc) is 3.08. The van der Waals surface area contributed by atoms with Gasteiger partial charge in [0.2, 0.25) is 0 Å². The summed E-state index contributed by atoms with van der Waals surface area (Å²) in [5.74, 6) is -1.27. The van der Waals surface area contributed by atoms with E-state index >= 15 is 0 Å². The summed E-state index contributed by atoms with van der Waals surface area (Å²) >= 11 is 1.12. The SMILES string of the molecule is Cc1nc(N2CCOCC2)sc1C(=O)NNS(=O)(=O)c1ccc(OC(F)(F)F)cc1. The molecule has 0 aliphatic carbocycles. The minimum Gasteiger partial charge on any atom is -0.406 e. The maximum absolute atomic E-state index is 12.4. The molecule has 14 heteroatoms. The summed E-state index contributed by atoms with van der Waals surface area (Å²) in [6.45, 7) is 3.99. The molecule has 164 valence electrons. The van der Waals surface area contributed by atoms with E-state index in [1.54, 1.807) is 6.92 Å². The number of aryl methyl sites for hydroxylation is 1. The Morgan fingerprint density at radius 1 is 1.23 bits per heavy atom. The van der Waals surface area contributed by atoms with Crippen molar-refractivity contribution >= 4 is 32.4 Å². The van der Waals surface area contributed by atoms with Gasteiger partial charge in [-0.25, -0.2) is 13.4 Å². The Bertz CT molecular complexity index is 1000. The number of ether oxygens (including phenoxy) is 2. The zero-order valence-electron chi connectivity index (χ0n) is 15.5. The molecule has 0 unspecified atom stereocenters. The second-order valence-electron chi connectivity index (χ2n) is 6.09. The molecule has 9 nitrogen and oxygen atoms in total. The fraction of sp³-hybridized carbons (Fsp3) is 0.375. The van der Waals surface area contributed by atoms with E-state index in [4.69, 9.17) is 4.74 Å². The van der Waals surface area contributed by atoms with Crippen LogP contribution in [0.1, 0.15) is 15.4 Å². The summed E-state index contributed by atoms with van der Waals surface area (Å²) < 4.78 is 70.1. The molecule has 2 N–H and O–H groups in total. The van der Waals surface area contributed by atoms with Gasteiger partial charge in [-0.3, -0.25) is 10.2 Å². The van der Waals surface area contributed by atoms with Gasteiger partial charge in [0.1, 0.15) is 10.6 Å². The van der Waals surface area contributed by atoms with Gasteiger partial charge < -0.3 is 14.4 Å². The second-order valence-corrected chi connectivity index (χ2v) is 8.75. The molecule has 1 fully saturated rings. The lowest BCUT2D eigenvalue weighted by atomic mass is 10.3. The van der Waals surface area contributed by atoms with Crippen LogP contribution in [0.2, 0.25) is 0 Å². The number of anilines is 1. The third kappa shape index (κ3) is 5.59. The van der Waals surface area contributed by atoms with Gasteiger partial charge in [0.15, 0.2) is 5.13 Å². The highest BCUT2D eigenvalue weighted by Gasteiger charge is 2.31. The summed E-state index contributed by atoms with van der Waals surface area (Å²) in [4.78, 5) is 20.5. The van der Waals surface area contributed by atoms with Crippen LogP contribution in [0.3, 0.4) is 0 Å². The molecule has 0 atom stereocenters. The van der Waals surface area contributed by atoms with E-state index in [0.717, 1.165) is 35.6 Å². The van der Waals surface area contributed by atoms with E-state index < -0.39 is 28.0 Å². The molecule has 0 saturated carbocycles. The number of hydrogen-bond donors (Lipinski definition) is 2. The van der Waals surface area contributed by atoms with Crippen LogP contribution < -0.4 is 19.9 Å². The molecular weight excluding hydrogens is 449 g/mol. The number of hydrogen-bond acceptors (Lipinski definition) is 8. The van der Waals surface area contributed by atoms with Crippen molar-refractivity contribution in [3.8, 4) is 5.75 Å². The molecular formula is C16H17F3N4O5S2. The van der Waals surface area contributed by atoms with Crippen molar-refractivity contribution in [2.75, 3.05) is 31.2 Å². The van der Waals surface area contributed by atoms with E-state index in [0.29, 0.717) is 37.1 Å². The number of halogens is 3. The Morgan fingerprint density at radius 3 is 2.47 bits per heavy atom. The molecule has 0 radical (unpaired) electrons. The maximum Gasteiger partial charge on any atom is 0.573 e. The van der Waals surface area contributed by atoms with E-state index in [2.05, 4.69) is 15.1 Å². The Kier molecular flexibility index (Phi) is 6.50. The molecule has 1 saturated heterocycles. The van der Waals surface area contributed by atoms with Crippen LogP contribution >= 0.6 is 11.3 Å². The predicted octanol–water partition coefficient (Wildman–Crippen LogP) is 1.81.